The predicted octanol–water partition coefficient (Wildman–Crippen LogP) is 4.03. The first kappa shape index (κ1) is 23.3. The van der Waals surface area contributed by atoms with Crippen molar-refractivity contribution in [2.24, 2.45) is 4.99 Å². The van der Waals surface area contributed by atoms with E-state index in [1.54, 1.807) is 29.2 Å². The summed E-state index contributed by atoms with van der Waals surface area (Å²) in [7, 11) is 1.28. The van der Waals surface area contributed by atoms with E-state index in [0.717, 1.165) is 0 Å². The summed E-state index contributed by atoms with van der Waals surface area (Å²) in [5.41, 5.74) is 1.88. The highest BCUT2D eigenvalue weighted by Gasteiger charge is 2.41. The molecular formula is C23H22N4O6S. The quantitative estimate of drug-likeness (QED) is 0.339. The molecule has 0 bridgehead atoms. The first-order valence-electron chi connectivity index (χ1n) is 10.5. The molecule has 0 saturated heterocycles. The summed E-state index contributed by atoms with van der Waals surface area (Å²) in [6, 6.07) is 8.88. The number of nitro benzene ring substituents is 1. The van der Waals surface area contributed by atoms with Crippen molar-refractivity contribution in [2.75, 3.05) is 7.11 Å². The Hall–Kier alpha value is -3.86. The number of ether oxygens (including phenoxy) is 1. The Bertz CT molecular complexity index is 1220. The van der Waals surface area contributed by atoms with E-state index in [1.807, 2.05) is 12.3 Å². The van der Waals surface area contributed by atoms with Gasteiger partial charge in [0.15, 0.2) is 5.17 Å². The number of carbonyl (C=O) groups excluding carboxylic acids is 2. The monoisotopic (exact) mass is 482 g/mol. The van der Waals surface area contributed by atoms with Crippen LogP contribution in [-0.2, 0) is 20.9 Å². The van der Waals surface area contributed by atoms with E-state index in [1.165, 1.54) is 37.3 Å². The van der Waals surface area contributed by atoms with Crippen molar-refractivity contribution in [3.8, 4) is 0 Å². The number of carbonyl (C=O) groups is 2. The highest BCUT2D eigenvalue weighted by molar-refractivity contribution is 8.16. The summed E-state index contributed by atoms with van der Waals surface area (Å²) in [6.07, 6.45) is 2.02. The molecule has 11 heteroatoms. The number of benzene rings is 1. The van der Waals surface area contributed by atoms with E-state index in [0.29, 0.717) is 39.9 Å². The minimum Gasteiger partial charge on any atom is -0.467 e. The van der Waals surface area contributed by atoms with Gasteiger partial charge in [-0.05, 0) is 29.5 Å². The number of nitro groups is 1. The lowest BCUT2D eigenvalue weighted by Crippen LogP contribution is -2.38. The van der Waals surface area contributed by atoms with Gasteiger partial charge >= 0.3 is 5.97 Å². The zero-order valence-electron chi connectivity index (χ0n) is 18.5. The standard InChI is InChI=1S/C23H22N4O6S/c1-3-18-20(22(29)32-2)21(14-6-4-7-15(10-14)27(30)31)26-16(13-34-23(26)25-18)11-19(28)24-12-17-8-5-9-33-17/h4-10,13,21H,3,11-12H2,1-2H3,(H,24,28). The molecule has 1 unspecified atom stereocenters. The number of amidine groups is 1. The molecule has 0 saturated carbocycles. The average Bonchev–Trinajstić information content (AvgIpc) is 3.51. The number of fused-ring (bicyclic) bond motifs is 1. The van der Waals surface area contributed by atoms with Gasteiger partial charge in [-0.1, -0.05) is 30.8 Å². The predicted molar refractivity (Wildman–Crippen MR) is 125 cm³/mol. The van der Waals surface area contributed by atoms with Crippen LogP contribution in [-0.4, -0.2) is 34.0 Å². The maximum Gasteiger partial charge on any atom is 0.338 e. The van der Waals surface area contributed by atoms with Crippen LogP contribution in [0.2, 0.25) is 0 Å². The normalized spacial score (nSPS) is 17.1. The average molecular weight is 483 g/mol. The van der Waals surface area contributed by atoms with Crippen molar-refractivity contribution < 1.29 is 23.7 Å². The van der Waals surface area contributed by atoms with Crippen LogP contribution in [0, 0.1) is 10.1 Å². The molecule has 1 N–H and O–H groups in total. The lowest BCUT2D eigenvalue weighted by Gasteiger charge is -2.36. The number of nitrogens with zero attached hydrogens (tertiary/aromatic N) is 3. The summed E-state index contributed by atoms with van der Waals surface area (Å²) < 4.78 is 10.3. The van der Waals surface area contributed by atoms with E-state index >= 15 is 0 Å². The molecule has 2 aromatic rings. The topological polar surface area (TPSA) is 127 Å². The summed E-state index contributed by atoms with van der Waals surface area (Å²) in [4.78, 5) is 42.9. The van der Waals surface area contributed by atoms with E-state index in [4.69, 9.17) is 9.15 Å². The minimum atomic E-state index is -0.728. The number of thioether (sulfide) groups is 1. The van der Waals surface area contributed by atoms with Crippen molar-refractivity contribution >= 4 is 34.5 Å². The molecule has 4 rings (SSSR count). The fourth-order valence-corrected chi connectivity index (χ4v) is 4.80. The van der Waals surface area contributed by atoms with Crippen LogP contribution in [0.25, 0.3) is 0 Å². The van der Waals surface area contributed by atoms with Crippen molar-refractivity contribution in [3.63, 3.8) is 0 Å². The molecule has 1 aromatic heterocycles. The number of esters is 1. The molecule has 0 aliphatic carbocycles. The fourth-order valence-electron chi connectivity index (χ4n) is 3.86. The summed E-state index contributed by atoms with van der Waals surface area (Å²) >= 11 is 1.34. The zero-order chi connectivity index (χ0) is 24.2. The number of allylic oxidation sites excluding steroid dienone is 1. The van der Waals surface area contributed by atoms with Crippen LogP contribution >= 0.6 is 11.8 Å². The summed E-state index contributed by atoms with van der Waals surface area (Å²) in [5, 5.41) is 16.6. The third kappa shape index (κ3) is 4.60. The smallest absolute Gasteiger partial charge is 0.338 e. The molecule has 10 nitrogen and oxygen atoms in total. The molecule has 3 heterocycles. The second-order valence-electron chi connectivity index (χ2n) is 7.48. The van der Waals surface area contributed by atoms with Crippen molar-refractivity contribution in [2.45, 2.75) is 32.4 Å². The Morgan fingerprint density at radius 3 is 2.82 bits per heavy atom. The van der Waals surface area contributed by atoms with Crippen LogP contribution in [0.4, 0.5) is 5.69 Å². The number of methoxy groups -OCH3 is 1. The van der Waals surface area contributed by atoms with Gasteiger partial charge in [0.05, 0.1) is 48.6 Å². The molecule has 176 valence electrons. The Balaban J connectivity index is 1.69. The molecule has 34 heavy (non-hydrogen) atoms. The Kier molecular flexibility index (Phi) is 6.82. The van der Waals surface area contributed by atoms with Gasteiger partial charge in [-0.3, -0.25) is 14.9 Å². The molecule has 2 aliphatic rings. The second kappa shape index (κ2) is 9.96. The van der Waals surface area contributed by atoms with Crippen molar-refractivity contribution in [3.05, 3.63) is 86.5 Å². The molecule has 1 amide bonds. The highest BCUT2D eigenvalue weighted by atomic mass is 32.2. The SMILES string of the molecule is CCC1=C(C(=O)OC)C(c2cccc([N+](=O)[O-])c2)N2C(CC(=O)NCc3ccco3)=CSC2=N1. The lowest BCUT2D eigenvalue weighted by molar-refractivity contribution is -0.384. The maximum absolute atomic E-state index is 12.9. The Morgan fingerprint density at radius 2 is 2.15 bits per heavy atom. The Morgan fingerprint density at radius 1 is 1.32 bits per heavy atom. The van der Waals surface area contributed by atoms with Crippen LogP contribution in [0.5, 0.6) is 0 Å². The highest BCUT2D eigenvalue weighted by Crippen LogP contribution is 2.45. The number of hydrogen-bond acceptors (Lipinski definition) is 9. The summed E-state index contributed by atoms with van der Waals surface area (Å²) in [6.45, 7) is 2.12. The van der Waals surface area contributed by atoms with Gasteiger partial charge < -0.3 is 19.4 Å². The van der Waals surface area contributed by atoms with Gasteiger partial charge in [0.25, 0.3) is 5.69 Å². The number of aliphatic imine (C=N–C) groups is 1. The second-order valence-corrected chi connectivity index (χ2v) is 8.32. The van der Waals surface area contributed by atoms with Gasteiger partial charge in [-0.2, -0.15) is 0 Å². The third-order valence-electron chi connectivity index (χ3n) is 5.41. The lowest BCUT2D eigenvalue weighted by atomic mass is 9.92. The van der Waals surface area contributed by atoms with Gasteiger partial charge in [0.2, 0.25) is 5.91 Å². The van der Waals surface area contributed by atoms with Crippen molar-refractivity contribution in [1.29, 1.82) is 0 Å². The van der Waals surface area contributed by atoms with Crippen LogP contribution < -0.4 is 5.32 Å². The number of rotatable bonds is 8. The van der Waals surface area contributed by atoms with E-state index in [9.17, 15) is 19.7 Å². The first-order valence-corrected chi connectivity index (χ1v) is 11.4. The van der Waals surface area contributed by atoms with Gasteiger partial charge in [0.1, 0.15) is 5.76 Å². The van der Waals surface area contributed by atoms with Gasteiger partial charge in [0, 0.05) is 17.8 Å². The van der Waals surface area contributed by atoms with E-state index in [-0.39, 0.29) is 24.6 Å². The number of hydrogen-bond donors (Lipinski definition) is 1. The number of amides is 1. The molecule has 0 fully saturated rings. The maximum atomic E-state index is 12.9. The van der Waals surface area contributed by atoms with Crippen LogP contribution in [0.3, 0.4) is 0 Å². The minimum absolute atomic E-state index is 0.0219. The number of non-ortho nitro benzene ring substituents is 1. The molecule has 0 spiro atoms. The van der Waals surface area contributed by atoms with E-state index in [2.05, 4.69) is 10.3 Å². The summed E-state index contributed by atoms with van der Waals surface area (Å²) in [5.74, 6) is -0.192. The fraction of sp³-hybridized carbons (Fsp3) is 0.261. The van der Waals surface area contributed by atoms with Crippen LogP contribution in [0.15, 0.2) is 74.4 Å². The molecule has 1 atom stereocenters. The first-order chi connectivity index (χ1) is 16.4. The molecule has 2 aliphatic heterocycles. The molecule has 1 aromatic carbocycles. The number of furan rings is 1. The van der Waals surface area contributed by atoms with Crippen LogP contribution in [0.1, 0.15) is 37.1 Å². The van der Waals surface area contributed by atoms with E-state index < -0.39 is 16.9 Å². The molecule has 0 radical (unpaired) electrons. The zero-order valence-corrected chi connectivity index (χ0v) is 19.3. The molecular weight excluding hydrogens is 460 g/mol. The van der Waals surface area contributed by atoms with Crippen molar-refractivity contribution in [1.82, 2.24) is 10.2 Å². The number of nitrogens with one attached hydrogen (secondary N) is 1. The third-order valence-corrected chi connectivity index (χ3v) is 6.30. The van der Waals surface area contributed by atoms with Gasteiger partial charge in [-0.15, -0.1) is 0 Å². The Labute approximate surface area is 199 Å². The van der Waals surface area contributed by atoms with Gasteiger partial charge in [-0.25, -0.2) is 9.79 Å². The largest absolute Gasteiger partial charge is 0.467 e.